The maximum absolute atomic E-state index is 13.1. The van der Waals surface area contributed by atoms with E-state index in [9.17, 15) is 14.1 Å². The van der Waals surface area contributed by atoms with Crippen molar-refractivity contribution in [1.29, 1.82) is 0 Å². The number of aromatic nitrogens is 4. The molecule has 5 aromatic rings. The number of benzene rings is 1. The normalized spacial score (nSPS) is 12.3. The van der Waals surface area contributed by atoms with Crippen molar-refractivity contribution < 1.29 is 4.55 Å². The molecule has 0 amide bonds. The molecule has 7 nitrogen and oxygen atoms in total. The molecule has 0 aliphatic rings. The van der Waals surface area contributed by atoms with Crippen LogP contribution in [0, 0.1) is 13.8 Å². The predicted molar refractivity (Wildman–Crippen MR) is 145 cm³/mol. The molecule has 182 valence electrons. The van der Waals surface area contributed by atoms with Gasteiger partial charge in [-0.15, -0.1) is 0 Å². The van der Waals surface area contributed by atoms with Crippen LogP contribution in [0.5, 0.6) is 0 Å². The molecule has 0 saturated carbocycles. The van der Waals surface area contributed by atoms with Crippen molar-refractivity contribution in [2.45, 2.75) is 18.7 Å². The second-order valence-electron chi connectivity index (χ2n) is 9.10. The average Bonchev–Trinajstić information content (AvgIpc) is 3.28. The Bertz CT molecular complexity index is 1720. The number of nitrogens with zero attached hydrogens (tertiary/aromatic N) is 3. The van der Waals surface area contributed by atoms with Gasteiger partial charge in [0.25, 0.3) is 11.1 Å². The summed E-state index contributed by atoms with van der Waals surface area (Å²) in [6.45, 7) is 3.88. The lowest BCUT2D eigenvalue weighted by atomic mass is 9.95. The zero-order valence-corrected chi connectivity index (χ0v) is 21.6. The molecule has 1 aromatic carbocycles. The highest BCUT2D eigenvalue weighted by Gasteiger charge is 2.18. The summed E-state index contributed by atoms with van der Waals surface area (Å²) in [5.74, 6) is 0. The molecule has 1 atom stereocenters. The van der Waals surface area contributed by atoms with E-state index in [1.807, 2.05) is 56.3 Å². The molecule has 0 fully saturated rings. The maximum Gasteiger partial charge on any atom is 0.274 e. The average molecular weight is 499 g/mol. The van der Waals surface area contributed by atoms with Crippen molar-refractivity contribution in [3.8, 4) is 33.5 Å². The summed E-state index contributed by atoms with van der Waals surface area (Å²) in [4.78, 5) is 34.4. The Morgan fingerprint density at radius 2 is 1.47 bits per heavy atom. The minimum absolute atomic E-state index is 0.150. The van der Waals surface area contributed by atoms with E-state index in [1.54, 1.807) is 38.8 Å². The lowest BCUT2D eigenvalue weighted by Crippen LogP contribution is -2.18. The zero-order chi connectivity index (χ0) is 25.7. The topological polar surface area (TPSA) is 95.7 Å². The lowest BCUT2D eigenvalue weighted by Gasteiger charge is -2.14. The summed E-state index contributed by atoms with van der Waals surface area (Å²) in [7, 11) is 3.42. The SMILES string of the molecule is Cc1cc(-c2cc3c(-c4cc(=O)n(C)cc4-c4ccc([S+](C)[O-])cc4)cn(C)c(=O)c3[nH]2)cc(C)n1. The molecule has 0 aliphatic heterocycles. The standard InChI is InChI=1S/C28H26N4O3S/c1-16-10-19(11-17(2)29-16)25-12-22-24(15-32(4)28(34)27(22)30-25)21-13-26(33)31(3)14-23(21)18-6-8-20(9-7-18)36(5)35/h6-15,30H,1-5H3. The van der Waals surface area contributed by atoms with Crippen molar-refractivity contribution >= 4 is 22.1 Å². The number of pyridine rings is 3. The Kier molecular flexibility index (Phi) is 5.94. The second-order valence-corrected chi connectivity index (χ2v) is 10.5. The lowest BCUT2D eigenvalue weighted by molar-refractivity contribution is 0.601. The molecule has 4 aromatic heterocycles. The maximum atomic E-state index is 13.1. The van der Waals surface area contributed by atoms with Gasteiger partial charge in [0.05, 0.1) is 0 Å². The van der Waals surface area contributed by atoms with Gasteiger partial charge in [0.2, 0.25) is 0 Å². The van der Waals surface area contributed by atoms with Crippen molar-refractivity contribution in [3.05, 3.63) is 93.0 Å². The monoisotopic (exact) mass is 498 g/mol. The summed E-state index contributed by atoms with van der Waals surface area (Å²) in [5.41, 5.74) is 6.91. The minimum Gasteiger partial charge on any atom is -0.612 e. The number of H-pyrrole nitrogens is 1. The van der Waals surface area contributed by atoms with E-state index < -0.39 is 11.2 Å². The molecule has 0 aliphatic carbocycles. The molecular weight excluding hydrogens is 472 g/mol. The molecule has 1 unspecified atom stereocenters. The van der Waals surface area contributed by atoms with Crippen LogP contribution in [-0.2, 0) is 25.3 Å². The van der Waals surface area contributed by atoms with Gasteiger partial charge in [0.15, 0.2) is 4.90 Å². The van der Waals surface area contributed by atoms with Crippen LogP contribution in [0.3, 0.4) is 0 Å². The first-order valence-electron chi connectivity index (χ1n) is 11.5. The number of hydrogen-bond acceptors (Lipinski definition) is 4. The third kappa shape index (κ3) is 4.19. The molecule has 0 spiro atoms. The molecule has 0 radical (unpaired) electrons. The Morgan fingerprint density at radius 1 is 0.833 bits per heavy atom. The number of fused-ring (bicyclic) bond motifs is 1. The van der Waals surface area contributed by atoms with E-state index in [0.29, 0.717) is 5.52 Å². The number of aryl methyl sites for hydroxylation is 4. The third-order valence-electron chi connectivity index (χ3n) is 6.37. The highest BCUT2D eigenvalue weighted by Crippen LogP contribution is 2.36. The molecule has 4 heterocycles. The third-order valence-corrected chi connectivity index (χ3v) is 7.31. The first kappa shape index (κ1) is 23.8. The highest BCUT2D eigenvalue weighted by molar-refractivity contribution is 7.90. The fraction of sp³-hybridized carbons (Fsp3) is 0.179. The van der Waals surface area contributed by atoms with Gasteiger partial charge in [-0.2, -0.15) is 0 Å². The van der Waals surface area contributed by atoms with Crippen LogP contribution in [0.2, 0.25) is 0 Å². The molecular formula is C28H26N4O3S. The van der Waals surface area contributed by atoms with E-state index in [4.69, 9.17) is 0 Å². The van der Waals surface area contributed by atoms with Crippen molar-refractivity contribution in [2.24, 2.45) is 14.1 Å². The molecule has 5 rings (SSSR count). The number of aromatic amines is 1. The largest absolute Gasteiger partial charge is 0.612 e. The van der Waals surface area contributed by atoms with Crippen LogP contribution in [0.15, 0.2) is 75.4 Å². The summed E-state index contributed by atoms with van der Waals surface area (Å²) in [6.07, 6.45) is 5.22. The van der Waals surface area contributed by atoms with Crippen molar-refractivity contribution in [3.63, 3.8) is 0 Å². The Hall–Kier alpha value is -3.88. The number of rotatable bonds is 4. The zero-order valence-electron chi connectivity index (χ0n) is 20.7. The minimum atomic E-state index is -1.09. The smallest absolute Gasteiger partial charge is 0.274 e. The first-order chi connectivity index (χ1) is 17.1. The fourth-order valence-electron chi connectivity index (χ4n) is 4.60. The van der Waals surface area contributed by atoms with Gasteiger partial charge in [-0.05, 0) is 78.6 Å². The molecule has 0 saturated heterocycles. The molecule has 36 heavy (non-hydrogen) atoms. The summed E-state index contributed by atoms with van der Waals surface area (Å²) < 4.78 is 15.0. The molecule has 1 N–H and O–H groups in total. The van der Waals surface area contributed by atoms with Crippen molar-refractivity contribution in [2.75, 3.05) is 6.26 Å². The van der Waals surface area contributed by atoms with Crippen LogP contribution in [0.4, 0.5) is 0 Å². The first-order valence-corrected chi connectivity index (χ1v) is 13.0. The highest BCUT2D eigenvalue weighted by atomic mass is 32.2. The van der Waals surface area contributed by atoms with Gasteiger partial charge < -0.3 is 18.7 Å². The fourth-order valence-corrected chi connectivity index (χ4v) is 5.12. The summed E-state index contributed by atoms with van der Waals surface area (Å²) in [5, 5.41) is 0.737. The number of hydrogen-bond donors (Lipinski definition) is 1. The van der Waals surface area contributed by atoms with E-state index in [0.717, 1.165) is 55.2 Å². The van der Waals surface area contributed by atoms with Crippen LogP contribution in [0.25, 0.3) is 44.4 Å². The van der Waals surface area contributed by atoms with Crippen LogP contribution >= 0.6 is 0 Å². The molecule has 8 heteroatoms. The van der Waals surface area contributed by atoms with Crippen LogP contribution in [-0.4, -0.2) is 29.9 Å². The van der Waals surface area contributed by atoms with Crippen molar-refractivity contribution in [1.82, 2.24) is 19.1 Å². The van der Waals surface area contributed by atoms with E-state index in [2.05, 4.69) is 9.97 Å². The second kappa shape index (κ2) is 8.96. The predicted octanol–water partition coefficient (Wildman–Crippen LogP) is 4.32. The van der Waals surface area contributed by atoms with Gasteiger partial charge >= 0.3 is 0 Å². The Morgan fingerprint density at radius 3 is 2.11 bits per heavy atom. The van der Waals surface area contributed by atoms with Gasteiger partial charge in [0.1, 0.15) is 11.8 Å². The van der Waals surface area contributed by atoms with Crippen LogP contribution in [0.1, 0.15) is 11.4 Å². The van der Waals surface area contributed by atoms with E-state index >= 15 is 0 Å². The number of nitrogens with one attached hydrogen (secondary N) is 1. The van der Waals surface area contributed by atoms with Gasteiger partial charge in [-0.1, -0.05) is 0 Å². The van der Waals surface area contributed by atoms with E-state index in [1.165, 1.54) is 9.13 Å². The Labute approximate surface area is 211 Å². The summed E-state index contributed by atoms with van der Waals surface area (Å²) >= 11 is -1.09. The molecule has 0 bridgehead atoms. The Balaban J connectivity index is 1.79. The van der Waals surface area contributed by atoms with Gasteiger partial charge in [-0.3, -0.25) is 14.6 Å². The van der Waals surface area contributed by atoms with E-state index in [-0.39, 0.29) is 11.1 Å². The van der Waals surface area contributed by atoms with Gasteiger partial charge in [0, 0.05) is 71.7 Å². The van der Waals surface area contributed by atoms with Gasteiger partial charge in [-0.25, -0.2) is 0 Å². The summed E-state index contributed by atoms with van der Waals surface area (Å²) in [6, 6.07) is 15.0. The quantitative estimate of drug-likeness (QED) is 0.374. The van der Waals surface area contributed by atoms with Crippen LogP contribution < -0.4 is 11.1 Å².